The minimum Gasteiger partial charge on any atom is -0.364 e. The fourth-order valence-electron chi connectivity index (χ4n) is 5.10. The molecule has 33 heavy (non-hydrogen) atoms. The maximum absolute atomic E-state index is 13.4. The molecule has 4 rings (SSSR count). The number of aromatic nitrogens is 1. The summed E-state index contributed by atoms with van der Waals surface area (Å²) in [5.74, 6) is 1.55. The number of nitrogens with zero attached hydrogens (tertiary/aromatic N) is 2. The quantitative estimate of drug-likeness (QED) is 0.0832. The Morgan fingerprint density at radius 2 is 2.00 bits per heavy atom. The zero-order chi connectivity index (χ0) is 23.4. The van der Waals surface area contributed by atoms with Gasteiger partial charge in [0, 0.05) is 44.2 Å². The second-order valence-electron chi connectivity index (χ2n) is 9.08. The van der Waals surface area contributed by atoms with E-state index in [1.165, 1.54) is 48.5 Å². The number of β-lactam (4-membered cyclic amide) rings is 1. The molecule has 2 heterocycles. The molecule has 1 aliphatic heterocycles. The molecule has 0 unspecified atom stereocenters. The molecule has 1 aromatic heterocycles. The van der Waals surface area contributed by atoms with Crippen molar-refractivity contribution in [3.8, 4) is 0 Å². The predicted octanol–water partition coefficient (Wildman–Crippen LogP) is 5.46. The SMILES string of the molecule is COCO[C@@]1(Cc2nccc3c2C[C@@H](CCC2CC2)C3)C(=O)N(COC)[C@H]1COSP(I)I. The molecule has 0 radical (unpaired) electrons. The Hall–Kier alpha value is 0.700. The molecule has 0 spiro atoms. The number of halogens is 2. The predicted molar refractivity (Wildman–Crippen MR) is 148 cm³/mol. The Labute approximate surface area is 227 Å². The molecule has 0 aromatic carbocycles. The van der Waals surface area contributed by atoms with Crippen molar-refractivity contribution in [2.45, 2.75) is 56.6 Å². The molecule has 3 atom stereocenters. The maximum atomic E-state index is 13.4. The van der Waals surface area contributed by atoms with Gasteiger partial charge in [0.15, 0.2) is 5.60 Å². The summed E-state index contributed by atoms with van der Waals surface area (Å²) < 4.78 is 22.3. The summed E-state index contributed by atoms with van der Waals surface area (Å²) in [6, 6.07) is 1.89. The third kappa shape index (κ3) is 6.34. The summed E-state index contributed by atoms with van der Waals surface area (Å²) in [7, 11) is 3.17. The topological polar surface area (TPSA) is 70.1 Å². The molecule has 0 N–H and O–H groups in total. The van der Waals surface area contributed by atoms with E-state index in [2.05, 4.69) is 50.1 Å². The van der Waals surface area contributed by atoms with Crippen LogP contribution in [0.5, 0.6) is 0 Å². The highest BCUT2D eigenvalue weighted by Crippen LogP contribution is 2.65. The molecule has 0 bridgehead atoms. The first kappa shape index (κ1) is 26.8. The van der Waals surface area contributed by atoms with Crippen LogP contribution in [0, 0.1) is 11.8 Å². The summed E-state index contributed by atoms with van der Waals surface area (Å²) in [4.78, 5) is 19.9. The molecule has 3 aliphatic rings. The molecule has 7 nitrogen and oxygen atoms in total. The average molecular weight is 720 g/mol. The second kappa shape index (κ2) is 12.3. The smallest absolute Gasteiger partial charge is 0.259 e. The van der Waals surface area contributed by atoms with Crippen LogP contribution in [0.1, 0.15) is 42.5 Å². The highest BCUT2D eigenvalue weighted by Gasteiger charge is 2.62. The number of hydrogen-bond acceptors (Lipinski definition) is 7. The van der Waals surface area contributed by atoms with E-state index in [1.54, 1.807) is 19.1 Å². The van der Waals surface area contributed by atoms with E-state index in [-0.39, 0.29) is 27.9 Å². The molecule has 1 aromatic rings. The van der Waals surface area contributed by atoms with Gasteiger partial charge in [0.1, 0.15) is 15.9 Å². The zero-order valence-electron chi connectivity index (χ0n) is 19.0. The largest absolute Gasteiger partial charge is 0.364 e. The fourth-order valence-corrected chi connectivity index (χ4v) is 7.84. The number of hydrogen-bond donors (Lipinski definition) is 0. The van der Waals surface area contributed by atoms with Crippen molar-refractivity contribution in [3.05, 3.63) is 29.1 Å². The van der Waals surface area contributed by atoms with Gasteiger partial charge in [-0.25, -0.2) is 0 Å². The van der Waals surface area contributed by atoms with Crippen LogP contribution in [0.15, 0.2) is 12.3 Å². The van der Waals surface area contributed by atoms with Gasteiger partial charge >= 0.3 is 0 Å². The first-order valence-corrected chi connectivity index (χ1v) is 19.5. The van der Waals surface area contributed by atoms with Gasteiger partial charge in [0.05, 0.1) is 12.6 Å². The van der Waals surface area contributed by atoms with Crippen LogP contribution >= 0.6 is 58.2 Å². The van der Waals surface area contributed by atoms with Crippen molar-refractivity contribution in [1.29, 1.82) is 0 Å². The van der Waals surface area contributed by atoms with Crippen molar-refractivity contribution in [2.24, 2.45) is 11.8 Å². The lowest BCUT2D eigenvalue weighted by molar-refractivity contribution is -0.236. The third-order valence-corrected chi connectivity index (χ3v) is 10.8. The van der Waals surface area contributed by atoms with Crippen LogP contribution in [0.2, 0.25) is 0 Å². The van der Waals surface area contributed by atoms with Crippen LogP contribution in [-0.2, 0) is 42.5 Å². The van der Waals surface area contributed by atoms with E-state index in [0.29, 0.717) is 18.9 Å². The lowest BCUT2D eigenvalue weighted by atomic mass is 9.78. The highest BCUT2D eigenvalue weighted by molar-refractivity contribution is 14.3. The number of amides is 1. The van der Waals surface area contributed by atoms with E-state index in [9.17, 15) is 4.79 Å². The van der Waals surface area contributed by atoms with Gasteiger partial charge in [-0.15, -0.1) is 0 Å². The maximum Gasteiger partial charge on any atom is 0.259 e. The van der Waals surface area contributed by atoms with Crippen LogP contribution in [-0.4, -0.2) is 61.8 Å². The van der Waals surface area contributed by atoms with Crippen LogP contribution < -0.4 is 0 Å². The van der Waals surface area contributed by atoms with Crippen molar-refractivity contribution >= 4 is 64.1 Å². The van der Waals surface area contributed by atoms with E-state index < -0.39 is 5.60 Å². The minimum absolute atomic E-state index is 0.0422. The Bertz CT molecular complexity index is 834. The van der Waals surface area contributed by atoms with E-state index >= 15 is 0 Å². The molecular formula is C22H31I2N2O5PS. The Balaban J connectivity index is 1.53. The van der Waals surface area contributed by atoms with Gasteiger partial charge in [-0.05, 0) is 92.4 Å². The summed E-state index contributed by atoms with van der Waals surface area (Å²) in [6.45, 7) is 0.621. The number of methoxy groups -OCH3 is 2. The molecule has 2 aliphatic carbocycles. The second-order valence-corrected chi connectivity index (χ2v) is 26.7. The third-order valence-electron chi connectivity index (χ3n) is 6.93. The summed E-state index contributed by atoms with van der Waals surface area (Å²) in [5, 5.41) is 0. The number of rotatable bonds is 14. The zero-order valence-corrected chi connectivity index (χ0v) is 25.0. The van der Waals surface area contributed by atoms with Crippen molar-refractivity contribution in [1.82, 2.24) is 9.88 Å². The molecule has 2 fully saturated rings. The van der Waals surface area contributed by atoms with Gasteiger partial charge in [0.2, 0.25) is 0 Å². The van der Waals surface area contributed by atoms with Crippen LogP contribution in [0.3, 0.4) is 0 Å². The highest BCUT2D eigenvalue weighted by atomic mass is 127. The monoisotopic (exact) mass is 720 g/mol. The molecular weight excluding hydrogens is 689 g/mol. The van der Waals surface area contributed by atoms with Gasteiger partial charge in [-0.1, -0.05) is 19.3 Å². The average Bonchev–Trinajstić information content (AvgIpc) is 3.54. The Morgan fingerprint density at radius 1 is 1.21 bits per heavy atom. The van der Waals surface area contributed by atoms with Crippen molar-refractivity contribution < 1.29 is 23.2 Å². The van der Waals surface area contributed by atoms with Gasteiger partial charge in [-0.2, -0.15) is 0 Å². The van der Waals surface area contributed by atoms with Crippen LogP contribution in [0.25, 0.3) is 0 Å². The fraction of sp³-hybridized carbons (Fsp3) is 0.727. The number of carbonyl (C=O) groups excluding carboxylic acids is 1. The Morgan fingerprint density at radius 3 is 2.70 bits per heavy atom. The van der Waals surface area contributed by atoms with Crippen molar-refractivity contribution in [2.75, 3.05) is 34.4 Å². The number of likely N-dealkylation sites (tertiary alicyclic amines) is 1. The number of carbonyl (C=O) groups is 1. The number of fused-ring (bicyclic) bond motifs is 1. The molecule has 184 valence electrons. The molecule has 11 heteroatoms. The van der Waals surface area contributed by atoms with Crippen molar-refractivity contribution in [3.63, 3.8) is 0 Å². The van der Waals surface area contributed by atoms with E-state index in [0.717, 1.165) is 24.5 Å². The van der Waals surface area contributed by atoms with Crippen LogP contribution in [0.4, 0.5) is 0 Å². The summed E-state index contributed by atoms with van der Waals surface area (Å²) in [5.41, 5.74) is 2.62. The summed E-state index contributed by atoms with van der Waals surface area (Å²) >= 11 is 6.16. The summed E-state index contributed by atoms with van der Waals surface area (Å²) in [6.07, 6.45) is 9.93. The Kier molecular flexibility index (Phi) is 9.97. The normalized spacial score (nSPS) is 26.7. The standard InChI is InChI=1S/C22H31I2N2O5PS/c1-28-13-26-20(12-31-33-32(23)24)22(21(26)27,30-14-29-2)11-19-18-10-16(6-5-15-3-4-15)9-17(18)7-8-25-19/h7-8,15-16,20H,3-6,9-14H2,1-2H3/t16-,20-,22+/m0/s1. The molecule has 1 saturated heterocycles. The van der Waals surface area contributed by atoms with Gasteiger partial charge in [0.25, 0.3) is 5.91 Å². The first-order chi connectivity index (χ1) is 16.0. The number of ether oxygens (including phenoxy) is 3. The molecule has 1 saturated carbocycles. The van der Waals surface area contributed by atoms with E-state index in [4.69, 9.17) is 23.4 Å². The molecule has 1 amide bonds. The van der Waals surface area contributed by atoms with E-state index in [1.807, 2.05) is 6.20 Å². The minimum atomic E-state index is -1.05. The lowest BCUT2D eigenvalue weighted by Gasteiger charge is -2.54. The lowest BCUT2D eigenvalue weighted by Crippen LogP contribution is -2.77. The van der Waals surface area contributed by atoms with Gasteiger partial charge in [-0.3, -0.25) is 9.78 Å². The van der Waals surface area contributed by atoms with Gasteiger partial charge < -0.3 is 23.3 Å². The first-order valence-electron chi connectivity index (χ1n) is 11.3. The number of pyridine rings is 1.